The minimum atomic E-state index is -0.545. The molecule has 0 heterocycles. The van der Waals surface area contributed by atoms with E-state index in [1.165, 1.54) is 0 Å². The van der Waals surface area contributed by atoms with Crippen molar-refractivity contribution in [1.29, 1.82) is 0 Å². The second-order valence-electron chi connectivity index (χ2n) is 2.16. The number of rotatable bonds is 7. The van der Waals surface area contributed by atoms with Gasteiger partial charge in [0.25, 0.3) is 0 Å². The number of hydrogen-bond donors (Lipinski definition) is 2. The zero-order chi connectivity index (χ0) is 8.53. The highest BCUT2D eigenvalue weighted by Crippen LogP contribution is 1.82. The van der Waals surface area contributed by atoms with E-state index in [1.807, 2.05) is 6.92 Å². The third-order valence-electron chi connectivity index (χ3n) is 1.16. The monoisotopic (exact) mass is 163 g/mol. The van der Waals surface area contributed by atoms with Crippen molar-refractivity contribution in [2.24, 2.45) is 5.73 Å². The van der Waals surface area contributed by atoms with Crippen molar-refractivity contribution < 1.29 is 14.6 Å². The predicted molar refractivity (Wildman–Crippen MR) is 42.4 cm³/mol. The summed E-state index contributed by atoms with van der Waals surface area (Å²) in [5.74, 6) is 0. The number of nitrogens with two attached hydrogens (primary N) is 1. The van der Waals surface area contributed by atoms with Crippen molar-refractivity contribution in [3.63, 3.8) is 0 Å². The Morgan fingerprint density at radius 1 is 1.36 bits per heavy atom. The van der Waals surface area contributed by atoms with Crippen LogP contribution in [0.15, 0.2) is 0 Å². The van der Waals surface area contributed by atoms with Gasteiger partial charge in [0.2, 0.25) is 0 Å². The Bertz CT molecular complexity index is 80.1. The van der Waals surface area contributed by atoms with E-state index >= 15 is 0 Å². The first kappa shape index (κ1) is 10.8. The van der Waals surface area contributed by atoms with Gasteiger partial charge in [0.15, 0.2) is 0 Å². The summed E-state index contributed by atoms with van der Waals surface area (Å²) in [5.41, 5.74) is 5.15. The molecule has 4 nitrogen and oxygen atoms in total. The van der Waals surface area contributed by atoms with E-state index in [0.717, 1.165) is 0 Å². The Labute approximate surface area is 67.3 Å². The van der Waals surface area contributed by atoms with Gasteiger partial charge in [-0.3, -0.25) is 0 Å². The van der Waals surface area contributed by atoms with E-state index in [9.17, 15) is 0 Å². The van der Waals surface area contributed by atoms with Crippen LogP contribution in [0, 0.1) is 0 Å². The molecule has 11 heavy (non-hydrogen) atoms. The molecular weight excluding hydrogens is 146 g/mol. The molecule has 0 rings (SSSR count). The molecule has 0 aliphatic carbocycles. The Kier molecular flexibility index (Phi) is 7.83. The van der Waals surface area contributed by atoms with Gasteiger partial charge in [-0.1, -0.05) is 0 Å². The molecule has 1 unspecified atom stereocenters. The van der Waals surface area contributed by atoms with Crippen LogP contribution in [-0.4, -0.2) is 44.2 Å². The fourth-order valence-corrected chi connectivity index (χ4v) is 0.550. The maximum atomic E-state index is 8.92. The van der Waals surface area contributed by atoms with Gasteiger partial charge in [-0.25, -0.2) is 0 Å². The lowest BCUT2D eigenvalue weighted by molar-refractivity contribution is 0.00906. The summed E-state index contributed by atoms with van der Waals surface area (Å²) in [6.45, 7) is 4.26. The molecule has 0 aromatic heterocycles. The standard InChI is InChI=1S/C7H17NO3/c1-2-10-3-4-11-6-7(9)5-8/h7,9H,2-6,8H2,1H3. The molecule has 0 amide bonds. The minimum absolute atomic E-state index is 0.245. The average molecular weight is 163 g/mol. The smallest absolute Gasteiger partial charge is 0.0895 e. The number of aliphatic hydroxyl groups is 1. The molecule has 0 bridgehead atoms. The first-order valence-electron chi connectivity index (χ1n) is 3.84. The lowest BCUT2D eigenvalue weighted by Crippen LogP contribution is -2.25. The van der Waals surface area contributed by atoms with Crippen molar-refractivity contribution in [3.05, 3.63) is 0 Å². The minimum Gasteiger partial charge on any atom is -0.389 e. The van der Waals surface area contributed by atoms with Gasteiger partial charge in [-0.05, 0) is 6.92 Å². The second-order valence-corrected chi connectivity index (χ2v) is 2.16. The molecule has 0 aliphatic heterocycles. The highest BCUT2D eigenvalue weighted by molar-refractivity contribution is 4.51. The van der Waals surface area contributed by atoms with Gasteiger partial charge < -0.3 is 20.3 Å². The zero-order valence-electron chi connectivity index (χ0n) is 6.95. The van der Waals surface area contributed by atoms with Crippen LogP contribution in [0.3, 0.4) is 0 Å². The van der Waals surface area contributed by atoms with Gasteiger partial charge in [0, 0.05) is 13.2 Å². The quantitative estimate of drug-likeness (QED) is 0.490. The Hall–Kier alpha value is -0.160. The number of aliphatic hydroxyl groups excluding tert-OH is 1. The lowest BCUT2D eigenvalue weighted by atomic mass is 10.4. The van der Waals surface area contributed by atoms with Crippen LogP contribution in [0.25, 0.3) is 0 Å². The number of ether oxygens (including phenoxy) is 2. The molecule has 1 atom stereocenters. The molecule has 4 heteroatoms. The summed E-state index contributed by atoms with van der Waals surface area (Å²) in [6, 6.07) is 0. The third-order valence-corrected chi connectivity index (χ3v) is 1.16. The Morgan fingerprint density at radius 3 is 2.55 bits per heavy atom. The number of hydrogen-bond acceptors (Lipinski definition) is 4. The van der Waals surface area contributed by atoms with E-state index in [2.05, 4.69) is 0 Å². The molecule has 0 saturated carbocycles. The third kappa shape index (κ3) is 7.74. The second kappa shape index (κ2) is 7.94. The SMILES string of the molecule is CCOCCOCC(O)CN. The van der Waals surface area contributed by atoms with E-state index in [0.29, 0.717) is 26.4 Å². The maximum absolute atomic E-state index is 8.92. The van der Waals surface area contributed by atoms with Gasteiger partial charge in [0.05, 0.1) is 25.9 Å². The van der Waals surface area contributed by atoms with Crippen molar-refractivity contribution >= 4 is 0 Å². The van der Waals surface area contributed by atoms with Crippen LogP contribution in [-0.2, 0) is 9.47 Å². The highest BCUT2D eigenvalue weighted by atomic mass is 16.5. The van der Waals surface area contributed by atoms with Gasteiger partial charge in [-0.2, -0.15) is 0 Å². The zero-order valence-corrected chi connectivity index (χ0v) is 6.95. The lowest BCUT2D eigenvalue weighted by Gasteiger charge is -2.07. The summed E-state index contributed by atoms with van der Waals surface area (Å²) in [6.07, 6.45) is -0.545. The molecule has 0 radical (unpaired) electrons. The molecule has 0 aliphatic rings. The van der Waals surface area contributed by atoms with E-state index in [-0.39, 0.29) is 6.54 Å². The van der Waals surface area contributed by atoms with Crippen LogP contribution in [0.2, 0.25) is 0 Å². The van der Waals surface area contributed by atoms with E-state index in [4.69, 9.17) is 20.3 Å². The molecule has 68 valence electrons. The Morgan fingerprint density at radius 2 is 2.00 bits per heavy atom. The van der Waals surface area contributed by atoms with Crippen LogP contribution in [0.1, 0.15) is 6.92 Å². The highest BCUT2D eigenvalue weighted by Gasteiger charge is 1.98. The molecule has 0 saturated heterocycles. The summed E-state index contributed by atoms with van der Waals surface area (Å²) < 4.78 is 10.0. The predicted octanol–water partition coefficient (Wildman–Crippen LogP) is -0.641. The molecular formula is C7H17NO3. The summed E-state index contributed by atoms with van der Waals surface area (Å²) in [4.78, 5) is 0. The first-order valence-corrected chi connectivity index (χ1v) is 3.84. The summed E-state index contributed by atoms with van der Waals surface area (Å²) >= 11 is 0. The van der Waals surface area contributed by atoms with E-state index < -0.39 is 6.10 Å². The van der Waals surface area contributed by atoms with Crippen molar-refractivity contribution in [2.45, 2.75) is 13.0 Å². The molecule has 0 aromatic carbocycles. The average Bonchev–Trinajstić information content (AvgIpc) is 2.04. The van der Waals surface area contributed by atoms with Crippen LogP contribution >= 0.6 is 0 Å². The summed E-state index contributed by atoms with van der Waals surface area (Å²) in [7, 11) is 0. The van der Waals surface area contributed by atoms with Gasteiger partial charge in [0.1, 0.15) is 0 Å². The molecule has 0 spiro atoms. The molecule has 3 N–H and O–H groups in total. The van der Waals surface area contributed by atoms with Crippen LogP contribution in [0.5, 0.6) is 0 Å². The topological polar surface area (TPSA) is 64.7 Å². The maximum Gasteiger partial charge on any atom is 0.0895 e. The first-order chi connectivity index (χ1) is 5.31. The molecule has 0 aromatic rings. The van der Waals surface area contributed by atoms with Crippen LogP contribution in [0.4, 0.5) is 0 Å². The fourth-order valence-electron chi connectivity index (χ4n) is 0.550. The van der Waals surface area contributed by atoms with Crippen LogP contribution < -0.4 is 5.73 Å². The largest absolute Gasteiger partial charge is 0.389 e. The van der Waals surface area contributed by atoms with Crippen molar-refractivity contribution in [1.82, 2.24) is 0 Å². The van der Waals surface area contributed by atoms with Gasteiger partial charge >= 0.3 is 0 Å². The van der Waals surface area contributed by atoms with E-state index in [1.54, 1.807) is 0 Å². The molecule has 0 fully saturated rings. The Balaban J connectivity index is 2.89. The van der Waals surface area contributed by atoms with Crippen molar-refractivity contribution in [3.8, 4) is 0 Å². The van der Waals surface area contributed by atoms with Crippen molar-refractivity contribution in [2.75, 3.05) is 33.0 Å². The normalized spacial score (nSPS) is 13.4. The fraction of sp³-hybridized carbons (Fsp3) is 1.00. The van der Waals surface area contributed by atoms with Gasteiger partial charge in [-0.15, -0.1) is 0 Å². The summed E-state index contributed by atoms with van der Waals surface area (Å²) in [5, 5.41) is 8.92.